The molecule has 2 aromatic rings. The molecule has 1 unspecified atom stereocenters. The van der Waals surface area contributed by atoms with Crippen LogP contribution >= 0.6 is 0 Å². The number of carbonyl (C=O) groups excluding carboxylic acids is 1. The summed E-state index contributed by atoms with van der Waals surface area (Å²) >= 11 is 0. The van der Waals surface area contributed by atoms with Gasteiger partial charge < -0.3 is 20.5 Å². The van der Waals surface area contributed by atoms with E-state index in [1.54, 1.807) is 6.08 Å². The normalized spacial score (nSPS) is 20.7. The van der Waals surface area contributed by atoms with E-state index in [4.69, 9.17) is 15.6 Å². The van der Waals surface area contributed by atoms with Crippen LogP contribution in [-0.4, -0.2) is 35.0 Å². The molecule has 2 aromatic carbocycles. The van der Waals surface area contributed by atoms with Crippen LogP contribution < -0.4 is 5.73 Å². The van der Waals surface area contributed by atoms with Crippen molar-refractivity contribution in [3.63, 3.8) is 0 Å². The smallest absolute Gasteiger partial charge is 0.341 e. The molecule has 0 aliphatic carbocycles. The monoisotopic (exact) mass is 474 g/mol. The Morgan fingerprint density at radius 3 is 2.46 bits per heavy atom. The van der Waals surface area contributed by atoms with Crippen molar-refractivity contribution in [3.05, 3.63) is 95.5 Å². The molecule has 0 saturated heterocycles. The third-order valence-electron chi connectivity index (χ3n) is 6.22. The fraction of sp³-hybridized carbons (Fsp3) is 0.310. The number of nitrogens with zero attached hydrogens (tertiary/aromatic N) is 1. The maximum Gasteiger partial charge on any atom is 0.341 e. The van der Waals surface area contributed by atoms with Gasteiger partial charge in [0.1, 0.15) is 0 Å². The van der Waals surface area contributed by atoms with E-state index in [0.29, 0.717) is 18.6 Å². The molecular weight excluding hydrogens is 440 g/mol. The minimum atomic E-state index is -1.04. The molecule has 1 amide bonds. The highest BCUT2D eigenvalue weighted by molar-refractivity contribution is 5.74. The van der Waals surface area contributed by atoms with Gasteiger partial charge in [-0.3, -0.25) is 4.79 Å². The molecule has 1 aliphatic rings. The number of nitrogens with two attached hydrogens (primary N) is 1. The number of aliphatic carboxylic acids is 1. The molecule has 0 aromatic heterocycles. The van der Waals surface area contributed by atoms with Crippen molar-refractivity contribution < 1.29 is 19.4 Å². The van der Waals surface area contributed by atoms with Gasteiger partial charge in [-0.1, -0.05) is 61.5 Å². The second-order valence-corrected chi connectivity index (χ2v) is 8.54. The Balaban J connectivity index is 2.09. The fourth-order valence-corrected chi connectivity index (χ4v) is 4.66. The molecule has 0 bridgehead atoms. The third-order valence-corrected chi connectivity index (χ3v) is 6.22. The Hall–Kier alpha value is -3.80. The maximum atomic E-state index is 12.1. The molecule has 35 heavy (non-hydrogen) atoms. The summed E-state index contributed by atoms with van der Waals surface area (Å²) in [6.07, 6.45) is 7.65. The lowest BCUT2D eigenvalue weighted by Gasteiger charge is -2.30. The van der Waals surface area contributed by atoms with Crippen LogP contribution in [0.3, 0.4) is 0 Å². The van der Waals surface area contributed by atoms with Crippen molar-refractivity contribution in [2.75, 3.05) is 13.2 Å². The quantitative estimate of drug-likeness (QED) is 0.489. The Labute approximate surface area is 207 Å². The Morgan fingerprint density at radius 2 is 1.80 bits per heavy atom. The zero-order chi connectivity index (χ0) is 25.2. The number of likely N-dealkylation sites (N-methyl/N-ethyl adjacent to an activating group) is 1. The molecule has 1 heterocycles. The van der Waals surface area contributed by atoms with Crippen LogP contribution in [0.2, 0.25) is 0 Å². The van der Waals surface area contributed by atoms with Crippen molar-refractivity contribution in [2.45, 2.75) is 39.5 Å². The highest BCUT2D eigenvalue weighted by Gasteiger charge is 2.25. The lowest BCUT2D eigenvalue weighted by Crippen LogP contribution is -2.25. The number of hydrogen-bond donors (Lipinski definition) is 2. The van der Waals surface area contributed by atoms with Gasteiger partial charge in [-0.15, -0.1) is 0 Å². The Morgan fingerprint density at radius 1 is 1.09 bits per heavy atom. The molecule has 1 atom stereocenters. The molecule has 6 nitrogen and oxygen atoms in total. The molecule has 184 valence electrons. The minimum absolute atomic E-state index is 0.165. The number of ether oxygens (including phenoxy) is 1. The van der Waals surface area contributed by atoms with E-state index in [0.717, 1.165) is 29.8 Å². The Kier molecular flexibility index (Phi) is 9.30. The molecule has 0 saturated carbocycles. The summed E-state index contributed by atoms with van der Waals surface area (Å²) in [7, 11) is 0. The van der Waals surface area contributed by atoms with Crippen LogP contribution in [0.5, 0.6) is 0 Å². The number of primary amides is 1. The van der Waals surface area contributed by atoms with Crippen LogP contribution in [0.4, 0.5) is 0 Å². The van der Waals surface area contributed by atoms with Crippen LogP contribution in [0.25, 0.3) is 11.1 Å². The molecule has 0 fully saturated rings. The number of carbonyl (C=O) groups is 2. The van der Waals surface area contributed by atoms with Gasteiger partial charge >= 0.3 is 5.97 Å². The second-order valence-electron chi connectivity index (χ2n) is 8.54. The molecule has 0 radical (unpaired) electrons. The highest BCUT2D eigenvalue weighted by Crippen LogP contribution is 2.34. The molecule has 1 aliphatic heterocycles. The number of allylic oxidation sites excluding steroid dienone is 5. The van der Waals surface area contributed by atoms with E-state index >= 15 is 0 Å². The van der Waals surface area contributed by atoms with Gasteiger partial charge in [-0.2, -0.15) is 0 Å². The zero-order valence-corrected chi connectivity index (χ0v) is 20.4. The van der Waals surface area contributed by atoms with Crippen molar-refractivity contribution in [3.8, 4) is 11.1 Å². The lowest BCUT2D eigenvalue weighted by atomic mass is 9.85. The number of benzene rings is 2. The predicted molar refractivity (Wildman–Crippen MR) is 138 cm³/mol. The lowest BCUT2D eigenvalue weighted by molar-refractivity contribution is -0.141. The molecule has 3 rings (SSSR count). The highest BCUT2D eigenvalue weighted by atomic mass is 16.5. The molecule has 6 heteroatoms. The first-order chi connectivity index (χ1) is 16.9. The summed E-state index contributed by atoms with van der Waals surface area (Å²) in [5.41, 5.74) is 11.4. The fourth-order valence-electron chi connectivity index (χ4n) is 4.66. The number of carboxylic acid groups (broad SMARTS) is 1. The van der Waals surface area contributed by atoms with Crippen LogP contribution in [0.15, 0.2) is 90.0 Å². The summed E-state index contributed by atoms with van der Waals surface area (Å²) < 4.78 is 5.56. The van der Waals surface area contributed by atoms with Gasteiger partial charge in [-0.05, 0) is 53.7 Å². The first-order valence-corrected chi connectivity index (χ1v) is 12.0. The van der Waals surface area contributed by atoms with Gasteiger partial charge in [0.15, 0.2) is 6.61 Å². The summed E-state index contributed by atoms with van der Waals surface area (Å²) in [4.78, 5) is 25.3. The van der Waals surface area contributed by atoms with Crippen molar-refractivity contribution in [1.82, 2.24) is 4.90 Å². The average Bonchev–Trinajstić information content (AvgIpc) is 2.91. The van der Waals surface area contributed by atoms with Gasteiger partial charge in [0.2, 0.25) is 5.91 Å². The number of hydrogen-bond acceptors (Lipinski definition) is 4. The van der Waals surface area contributed by atoms with Gasteiger partial charge in [-0.25, -0.2) is 4.79 Å². The predicted octanol–water partition coefficient (Wildman–Crippen LogP) is 5.28. The molecule has 3 N–H and O–H groups in total. The van der Waals surface area contributed by atoms with E-state index in [-0.39, 0.29) is 12.3 Å². The van der Waals surface area contributed by atoms with Gasteiger partial charge in [0.05, 0.1) is 5.76 Å². The summed E-state index contributed by atoms with van der Waals surface area (Å²) in [5.74, 6) is -1.09. The zero-order valence-electron chi connectivity index (χ0n) is 20.4. The number of rotatable bonds is 10. The number of carboxylic acids is 1. The van der Waals surface area contributed by atoms with Gasteiger partial charge in [0, 0.05) is 37.7 Å². The summed E-state index contributed by atoms with van der Waals surface area (Å²) in [6, 6.07) is 18.7. The topological polar surface area (TPSA) is 92.9 Å². The SMILES string of the molecule is CC/C1=C(\Cc2ccccc2-c2ccccc2)N(CC)/C=C\C=C(\OCC(=O)O)CC1CC(N)=O. The van der Waals surface area contributed by atoms with Crippen LogP contribution in [-0.2, 0) is 20.7 Å². The summed E-state index contributed by atoms with van der Waals surface area (Å²) in [6.45, 7) is 4.49. The van der Waals surface area contributed by atoms with E-state index < -0.39 is 18.5 Å². The average molecular weight is 475 g/mol. The first kappa shape index (κ1) is 25.8. The van der Waals surface area contributed by atoms with Crippen molar-refractivity contribution in [2.24, 2.45) is 11.7 Å². The first-order valence-electron chi connectivity index (χ1n) is 12.0. The largest absolute Gasteiger partial charge is 0.486 e. The molecule has 0 spiro atoms. The summed E-state index contributed by atoms with van der Waals surface area (Å²) in [5, 5.41) is 9.08. The van der Waals surface area contributed by atoms with Crippen LogP contribution in [0.1, 0.15) is 38.7 Å². The maximum absolute atomic E-state index is 12.1. The minimum Gasteiger partial charge on any atom is -0.486 e. The standard InChI is InChI=1S/C29H34N2O4/c1-3-25-23(19-28(30)32)17-24(35-20-29(33)34)14-10-16-31(4-2)27(25)18-22-13-8-9-15-26(22)21-11-6-5-7-12-21/h5-16,23H,3-4,17-20H2,1-2H3,(H2,30,32)(H,33,34)/b16-10-,24-14+,27-25-. The van der Waals surface area contributed by atoms with E-state index in [1.165, 1.54) is 11.1 Å². The number of amides is 1. The van der Waals surface area contributed by atoms with Crippen molar-refractivity contribution >= 4 is 11.9 Å². The van der Waals surface area contributed by atoms with E-state index in [2.05, 4.69) is 49.1 Å². The second kappa shape index (κ2) is 12.6. The van der Waals surface area contributed by atoms with E-state index in [1.807, 2.05) is 36.5 Å². The third kappa shape index (κ3) is 7.09. The van der Waals surface area contributed by atoms with E-state index in [9.17, 15) is 9.59 Å². The van der Waals surface area contributed by atoms with Crippen LogP contribution in [0, 0.1) is 5.92 Å². The molecular formula is C29H34N2O4. The Bertz CT molecular complexity index is 1120. The van der Waals surface area contributed by atoms with Gasteiger partial charge in [0.25, 0.3) is 0 Å². The van der Waals surface area contributed by atoms with Crippen molar-refractivity contribution in [1.29, 1.82) is 0 Å².